The highest BCUT2D eigenvalue weighted by Crippen LogP contribution is 2.25. The summed E-state index contributed by atoms with van der Waals surface area (Å²) in [5.41, 5.74) is 4.67. The number of aromatic amines is 1. The average Bonchev–Trinajstić information content (AvgIpc) is 3.45. The molecule has 0 aliphatic rings. The predicted molar refractivity (Wildman–Crippen MR) is 131 cm³/mol. The Kier molecular flexibility index (Phi) is 6.77. The molecule has 7 nitrogen and oxygen atoms in total. The third kappa shape index (κ3) is 4.85. The molecule has 0 saturated heterocycles. The molecule has 0 saturated carbocycles. The summed E-state index contributed by atoms with van der Waals surface area (Å²) in [4.78, 5) is 19.9. The molecule has 0 unspecified atom stereocenters. The van der Waals surface area contributed by atoms with Gasteiger partial charge in [0, 0.05) is 36.6 Å². The minimum Gasteiger partial charge on any atom is -0.342 e. The molecule has 3 aromatic heterocycles. The van der Waals surface area contributed by atoms with Crippen LogP contribution in [0.5, 0.6) is 0 Å². The molecule has 0 fully saturated rings. The van der Waals surface area contributed by atoms with E-state index in [1.807, 2.05) is 29.9 Å². The van der Waals surface area contributed by atoms with Crippen LogP contribution in [0.15, 0.2) is 42.6 Å². The van der Waals surface area contributed by atoms with Crippen molar-refractivity contribution in [3.8, 4) is 11.3 Å². The topological polar surface area (TPSA) is 79.7 Å². The second-order valence-corrected chi connectivity index (χ2v) is 9.29. The summed E-state index contributed by atoms with van der Waals surface area (Å²) >= 11 is 0. The first-order chi connectivity index (χ1) is 16.2. The van der Waals surface area contributed by atoms with Gasteiger partial charge in [-0.05, 0) is 56.9 Å². The molecule has 0 bridgehead atoms. The Hall–Kier alpha value is -3.55. The van der Waals surface area contributed by atoms with E-state index >= 15 is 0 Å². The highest BCUT2D eigenvalue weighted by atomic mass is 19.1. The van der Waals surface area contributed by atoms with Crippen LogP contribution in [-0.2, 0) is 6.42 Å². The van der Waals surface area contributed by atoms with E-state index in [4.69, 9.17) is 4.98 Å². The third-order valence-corrected chi connectivity index (χ3v) is 5.94. The van der Waals surface area contributed by atoms with E-state index in [0.717, 1.165) is 40.8 Å². The maximum Gasteiger partial charge on any atom is 0.254 e. The number of rotatable bonds is 8. The van der Waals surface area contributed by atoms with Gasteiger partial charge in [-0.15, -0.1) is 0 Å². The fraction of sp³-hybridized carbons (Fsp3) is 0.385. The van der Waals surface area contributed by atoms with E-state index in [2.05, 4.69) is 43.0 Å². The van der Waals surface area contributed by atoms with Crippen LogP contribution in [0.3, 0.4) is 0 Å². The molecule has 1 aromatic carbocycles. The lowest BCUT2D eigenvalue weighted by Gasteiger charge is -2.19. The Balaban J connectivity index is 1.46. The number of halogens is 1. The van der Waals surface area contributed by atoms with Crippen LogP contribution >= 0.6 is 0 Å². The Morgan fingerprint density at radius 3 is 2.68 bits per heavy atom. The van der Waals surface area contributed by atoms with Gasteiger partial charge >= 0.3 is 0 Å². The van der Waals surface area contributed by atoms with Gasteiger partial charge in [0.05, 0.1) is 22.8 Å². The molecule has 0 radical (unpaired) electrons. The molecule has 8 heteroatoms. The molecular formula is C26H31FN6O. The first-order valence-electron chi connectivity index (χ1n) is 11.7. The van der Waals surface area contributed by atoms with E-state index in [1.165, 1.54) is 12.1 Å². The fourth-order valence-electron chi connectivity index (χ4n) is 3.99. The zero-order chi connectivity index (χ0) is 24.4. The summed E-state index contributed by atoms with van der Waals surface area (Å²) in [6.07, 6.45) is 3.24. The van der Waals surface area contributed by atoms with Crippen molar-refractivity contribution in [3.63, 3.8) is 0 Å². The zero-order valence-electron chi connectivity index (χ0n) is 20.3. The molecule has 0 aliphatic carbocycles. The Morgan fingerprint density at radius 2 is 1.97 bits per heavy atom. The first-order valence-corrected chi connectivity index (χ1v) is 11.7. The van der Waals surface area contributed by atoms with E-state index in [9.17, 15) is 9.18 Å². The van der Waals surface area contributed by atoms with Crippen LogP contribution in [0.4, 0.5) is 4.39 Å². The molecule has 0 aliphatic heterocycles. The van der Waals surface area contributed by atoms with Gasteiger partial charge in [-0.1, -0.05) is 26.0 Å². The summed E-state index contributed by atoms with van der Waals surface area (Å²) in [5, 5.41) is 12.6. The van der Waals surface area contributed by atoms with Gasteiger partial charge in [0.25, 0.3) is 5.91 Å². The monoisotopic (exact) mass is 462 g/mol. The molecule has 178 valence electrons. The maximum absolute atomic E-state index is 13.5. The van der Waals surface area contributed by atoms with Crippen molar-refractivity contribution in [2.24, 2.45) is 0 Å². The van der Waals surface area contributed by atoms with Crippen molar-refractivity contribution in [3.05, 3.63) is 65.4 Å². The number of pyridine rings is 1. The number of amides is 1. The minimum atomic E-state index is -0.285. The maximum atomic E-state index is 13.5. The van der Waals surface area contributed by atoms with Crippen LogP contribution in [0.2, 0.25) is 0 Å². The number of fused-ring (bicyclic) bond motifs is 1. The lowest BCUT2D eigenvalue weighted by atomic mass is 10.0. The number of carbonyl (C=O) groups excluding carboxylic acids is 1. The number of carbonyl (C=O) groups is 1. The molecule has 3 heterocycles. The van der Waals surface area contributed by atoms with E-state index < -0.39 is 0 Å². The molecule has 0 atom stereocenters. The number of hydrogen-bond donors (Lipinski definition) is 1. The van der Waals surface area contributed by atoms with Crippen molar-refractivity contribution in [2.45, 2.75) is 52.5 Å². The largest absolute Gasteiger partial charge is 0.342 e. The second kappa shape index (κ2) is 9.75. The average molecular weight is 463 g/mol. The number of aromatic nitrogens is 5. The van der Waals surface area contributed by atoms with Crippen molar-refractivity contribution in [1.29, 1.82) is 0 Å². The van der Waals surface area contributed by atoms with Crippen LogP contribution < -0.4 is 0 Å². The van der Waals surface area contributed by atoms with E-state index in [1.54, 1.807) is 17.2 Å². The highest BCUT2D eigenvalue weighted by Gasteiger charge is 2.21. The lowest BCUT2D eigenvalue weighted by molar-refractivity contribution is 0.0795. The van der Waals surface area contributed by atoms with Crippen molar-refractivity contribution < 1.29 is 9.18 Å². The van der Waals surface area contributed by atoms with Gasteiger partial charge < -0.3 is 4.90 Å². The summed E-state index contributed by atoms with van der Waals surface area (Å²) in [6, 6.07) is 10.4. The number of aryl methyl sites for hydroxylation is 1. The van der Waals surface area contributed by atoms with Gasteiger partial charge in [-0.25, -0.2) is 14.1 Å². The normalized spacial score (nSPS) is 11.6. The number of H-pyrrole nitrogens is 1. The van der Waals surface area contributed by atoms with Gasteiger partial charge in [0.2, 0.25) is 0 Å². The van der Waals surface area contributed by atoms with Crippen molar-refractivity contribution in [1.82, 2.24) is 29.9 Å². The first kappa shape index (κ1) is 23.6. The molecule has 34 heavy (non-hydrogen) atoms. The summed E-state index contributed by atoms with van der Waals surface area (Å²) in [6.45, 7) is 8.85. The van der Waals surface area contributed by atoms with E-state index in [0.29, 0.717) is 17.8 Å². The number of nitrogens with zero attached hydrogens (tertiary/aromatic N) is 5. The van der Waals surface area contributed by atoms with Gasteiger partial charge in [0.1, 0.15) is 5.82 Å². The van der Waals surface area contributed by atoms with Crippen molar-refractivity contribution in [2.75, 3.05) is 13.6 Å². The van der Waals surface area contributed by atoms with E-state index in [-0.39, 0.29) is 23.7 Å². The molecule has 1 amide bonds. The molecule has 4 aromatic rings. The van der Waals surface area contributed by atoms with Gasteiger partial charge in [-0.2, -0.15) is 10.2 Å². The third-order valence-electron chi connectivity index (χ3n) is 5.94. The smallest absolute Gasteiger partial charge is 0.254 e. The standard InChI is InChI=1S/C26H31FN6O/c1-16(2)23-14-21(22-15-28-33(17(3)4)25(22)29-23)26(34)32(5)11-7-10-20-13-24(31-30-20)18-8-6-9-19(27)12-18/h6,8-9,12-17H,7,10-11H2,1-5H3,(H,30,31). The molecule has 4 rings (SSSR count). The van der Waals surface area contributed by atoms with Crippen LogP contribution in [-0.4, -0.2) is 49.4 Å². The van der Waals surface area contributed by atoms with Crippen molar-refractivity contribution >= 4 is 16.9 Å². The minimum absolute atomic E-state index is 0.0392. The molecular weight excluding hydrogens is 431 g/mol. The second-order valence-electron chi connectivity index (χ2n) is 9.29. The number of nitrogens with one attached hydrogen (secondary N) is 1. The number of hydrogen-bond acceptors (Lipinski definition) is 4. The quantitative estimate of drug-likeness (QED) is 0.382. The Labute approximate surface area is 199 Å². The van der Waals surface area contributed by atoms with Gasteiger partial charge in [-0.3, -0.25) is 9.89 Å². The summed E-state index contributed by atoms with van der Waals surface area (Å²) in [5.74, 6) is -0.126. The molecule has 1 N–H and O–H groups in total. The number of benzene rings is 1. The lowest BCUT2D eigenvalue weighted by Crippen LogP contribution is -2.28. The molecule has 0 spiro atoms. The predicted octanol–water partition coefficient (Wildman–Crippen LogP) is 5.37. The van der Waals surface area contributed by atoms with Crippen LogP contribution in [0.1, 0.15) is 67.8 Å². The summed E-state index contributed by atoms with van der Waals surface area (Å²) < 4.78 is 15.4. The SMILES string of the molecule is CC(C)c1cc(C(=O)N(C)CCCc2cc(-c3cccc(F)c3)n[nH]2)c2cnn(C(C)C)c2n1. The Bertz CT molecular complexity index is 1310. The zero-order valence-corrected chi connectivity index (χ0v) is 20.3. The Morgan fingerprint density at radius 1 is 1.18 bits per heavy atom. The summed E-state index contributed by atoms with van der Waals surface area (Å²) in [7, 11) is 1.82. The van der Waals surface area contributed by atoms with Crippen LogP contribution in [0, 0.1) is 5.82 Å². The van der Waals surface area contributed by atoms with Gasteiger partial charge in [0.15, 0.2) is 5.65 Å². The highest BCUT2D eigenvalue weighted by molar-refractivity contribution is 6.05. The van der Waals surface area contributed by atoms with Crippen LogP contribution in [0.25, 0.3) is 22.3 Å². The fourth-order valence-corrected chi connectivity index (χ4v) is 3.99.